The van der Waals surface area contributed by atoms with E-state index in [0.29, 0.717) is 5.75 Å². The molecule has 3 rings (SSSR count). The first kappa shape index (κ1) is 15.5. The van der Waals surface area contributed by atoms with Crippen LogP contribution < -0.4 is 4.57 Å². The van der Waals surface area contributed by atoms with Gasteiger partial charge in [0.15, 0.2) is 18.9 Å². The van der Waals surface area contributed by atoms with E-state index >= 15 is 0 Å². The fourth-order valence-corrected chi connectivity index (χ4v) is 2.79. The highest BCUT2D eigenvalue weighted by Crippen LogP contribution is 2.18. The van der Waals surface area contributed by atoms with Crippen molar-refractivity contribution in [1.82, 2.24) is 0 Å². The molecule has 0 spiro atoms. The zero-order valence-electron chi connectivity index (χ0n) is 12.6. The average Bonchev–Trinajstić information content (AvgIpc) is 2.56. The van der Waals surface area contributed by atoms with Gasteiger partial charge in [0.1, 0.15) is 5.75 Å². The van der Waals surface area contributed by atoms with Gasteiger partial charge in [-0.25, -0.2) is 4.57 Å². The summed E-state index contributed by atoms with van der Waals surface area (Å²) in [5.74, 6) is 0.296. The fourth-order valence-electron chi connectivity index (χ4n) is 2.35. The van der Waals surface area contributed by atoms with Gasteiger partial charge in [-0.3, -0.25) is 0 Å². The number of rotatable bonds is 4. The number of hydrogen-bond donors (Lipinski definition) is 1. The second-order valence-corrected chi connectivity index (χ2v) is 6.24. The number of phenolic OH excluding ortho intramolecular Hbond substituents is 1. The first-order chi connectivity index (χ1) is 11.2. The highest BCUT2D eigenvalue weighted by molar-refractivity contribution is 9.10. The second-order valence-electron chi connectivity index (χ2n) is 5.33. The van der Waals surface area contributed by atoms with Crippen LogP contribution in [0, 0.1) is 0 Å². The minimum atomic E-state index is 0.296. The Kier molecular flexibility index (Phi) is 4.89. The van der Waals surface area contributed by atoms with E-state index in [1.807, 2.05) is 42.5 Å². The van der Waals surface area contributed by atoms with Crippen LogP contribution in [0.2, 0.25) is 0 Å². The summed E-state index contributed by atoms with van der Waals surface area (Å²) in [5.41, 5.74) is 3.17. The van der Waals surface area contributed by atoms with E-state index in [9.17, 15) is 5.11 Å². The zero-order valence-corrected chi connectivity index (χ0v) is 14.1. The van der Waals surface area contributed by atoms with Crippen LogP contribution in [0.5, 0.6) is 5.75 Å². The lowest BCUT2D eigenvalue weighted by Crippen LogP contribution is -2.33. The van der Waals surface area contributed by atoms with Crippen molar-refractivity contribution >= 4 is 28.1 Å². The number of halogens is 1. The summed E-state index contributed by atoms with van der Waals surface area (Å²) >= 11 is 3.50. The minimum absolute atomic E-state index is 0.296. The predicted octanol–water partition coefficient (Wildman–Crippen LogP) is 4.66. The number of pyridine rings is 1. The Bertz CT molecular complexity index is 825. The molecule has 0 saturated carbocycles. The molecule has 0 saturated heterocycles. The molecule has 2 nitrogen and oxygen atoms in total. The molecule has 1 N–H and O–H groups in total. The Morgan fingerprint density at radius 2 is 1.70 bits per heavy atom. The van der Waals surface area contributed by atoms with Gasteiger partial charge < -0.3 is 5.11 Å². The van der Waals surface area contributed by atoms with Crippen molar-refractivity contribution in [3.05, 3.63) is 94.2 Å². The maximum Gasteiger partial charge on any atom is 0.173 e. The molecule has 0 aliphatic rings. The van der Waals surface area contributed by atoms with Crippen molar-refractivity contribution in [3.8, 4) is 5.75 Å². The monoisotopic (exact) mass is 366 g/mol. The number of aromatic hydroxyl groups is 1. The van der Waals surface area contributed by atoms with Crippen LogP contribution in [0.25, 0.3) is 12.2 Å². The van der Waals surface area contributed by atoms with Gasteiger partial charge in [-0.05, 0) is 23.8 Å². The third kappa shape index (κ3) is 4.30. The van der Waals surface area contributed by atoms with Crippen molar-refractivity contribution in [1.29, 1.82) is 0 Å². The van der Waals surface area contributed by atoms with Gasteiger partial charge in [-0.1, -0.05) is 58.4 Å². The molecular weight excluding hydrogens is 350 g/mol. The quantitative estimate of drug-likeness (QED) is 0.667. The molecule has 0 aliphatic heterocycles. The molecule has 3 aromatic rings. The van der Waals surface area contributed by atoms with Crippen LogP contribution in [0.3, 0.4) is 0 Å². The second kappa shape index (κ2) is 7.25. The summed E-state index contributed by atoms with van der Waals surface area (Å²) < 4.78 is 3.23. The van der Waals surface area contributed by atoms with Crippen molar-refractivity contribution in [2.45, 2.75) is 6.54 Å². The van der Waals surface area contributed by atoms with Crippen LogP contribution in [0.1, 0.15) is 16.7 Å². The summed E-state index contributed by atoms with van der Waals surface area (Å²) in [6.45, 7) is 0.836. The third-order valence-electron chi connectivity index (χ3n) is 3.56. The topological polar surface area (TPSA) is 24.1 Å². The van der Waals surface area contributed by atoms with Crippen LogP contribution in [0.4, 0.5) is 0 Å². The van der Waals surface area contributed by atoms with E-state index in [-0.39, 0.29) is 0 Å². The Hall–Kier alpha value is -2.39. The summed E-state index contributed by atoms with van der Waals surface area (Å²) in [4.78, 5) is 0. The van der Waals surface area contributed by atoms with Crippen molar-refractivity contribution in [2.24, 2.45) is 0 Å². The van der Waals surface area contributed by atoms with Gasteiger partial charge in [0.2, 0.25) is 0 Å². The molecule has 2 aromatic carbocycles. The molecule has 0 radical (unpaired) electrons. The van der Waals surface area contributed by atoms with Crippen LogP contribution in [-0.4, -0.2) is 5.11 Å². The molecule has 1 aromatic heterocycles. The van der Waals surface area contributed by atoms with Crippen molar-refractivity contribution in [3.63, 3.8) is 0 Å². The summed E-state index contributed by atoms with van der Waals surface area (Å²) in [6.07, 6.45) is 8.04. The predicted molar refractivity (Wildman–Crippen MR) is 96.9 cm³/mol. The molecule has 1 heterocycles. The molecule has 0 fully saturated rings. The first-order valence-electron chi connectivity index (χ1n) is 7.40. The Balaban J connectivity index is 1.71. The molecule has 114 valence electrons. The fraction of sp³-hybridized carbons (Fsp3) is 0.0500. The maximum atomic E-state index is 9.76. The molecule has 0 amide bonds. The number of phenols is 1. The number of hydrogen-bond acceptors (Lipinski definition) is 1. The van der Waals surface area contributed by atoms with Gasteiger partial charge in [0, 0.05) is 27.7 Å². The lowest BCUT2D eigenvalue weighted by Gasteiger charge is -2.00. The van der Waals surface area contributed by atoms with Crippen molar-refractivity contribution in [2.75, 3.05) is 0 Å². The van der Waals surface area contributed by atoms with Gasteiger partial charge >= 0.3 is 0 Å². The minimum Gasteiger partial charge on any atom is -0.507 e. The molecular formula is C20H17BrNO+. The molecule has 0 unspecified atom stereocenters. The number of aromatic nitrogens is 1. The lowest BCUT2D eigenvalue weighted by atomic mass is 10.1. The summed E-state index contributed by atoms with van der Waals surface area (Å²) in [5, 5.41) is 9.76. The van der Waals surface area contributed by atoms with E-state index in [0.717, 1.165) is 22.1 Å². The van der Waals surface area contributed by atoms with Crippen LogP contribution in [-0.2, 0) is 6.54 Å². The van der Waals surface area contributed by atoms with E-state index < -0.39 is 0 Å². The van der Waals surface area contributed by atoms with E-state index in [1.165, 1.54) is 5.56 Å². The molecule has 3 heteroatoms. The lowest BCUT2D eigenvalue weighted by molar-refractivity contribution is -0.688. The van der Waals surface area contributed by atoms with Gasteiger partial charge in [0.05, 0.1) is 0 Å². The van der Waals surface area contributed by atoms with Gasteiger partial charge in [-0.15, -0.1) is 0 Å². The smallest absolute Gasteiger partial charge is 0.173 e. The van der Waals surface area contributed by atoms with Crippen LogP contribution >= 0.6 is 15.9 Å². The molecule has 0 atom stereocenters. The van der Waals surface area contributed by atoms with E-state index in [1.54, 1.807) is 6.07 Å². The SMILES string of the molecule is Oc1ccccc1/C=C/c1cc[n+](Cc2cccc(Br)c2)cc1. The van der Waals surface area contributed by atoms with Crippen molar-refractivity contribution < 1.29 is 9.67 Å². The standard InChI is InChI=1S/C20H16BrNO/c21-19-6-3-4-17(14-19)15-22-12-10-16(11-13-22)8-9-18-5-1-2-7-20(18)23/h1-14H,15H2/p+1. The number of para-hydroxylation sites is 1. The number of nitrogens with zero attached hydrogens (tertiary/aromatic N) is 1. The Labute approximate surface area is 144 Å². The summed E-state index contributed by atoms with van der Waals surface area (Å²) in [7, 11) is 0. The molecule has 0 bridgehead atoms. The third-order valence-corrected chi connectivity index (χ3v) is 4.06. The Morgan fingerprint density at radius 3 is 2.43 bits per heavy atom. The highest BCUT2D eigenvalue weighted by atomic mass is 79.9. The normalized spacial score (nSPS) is 11.0. The highest BCUT2D eigenvalue weighted by Gasteiger charge is 2.03. The largest absolute Gasteiger partial charge is 0.507 e. The average molecular weight is 367 g/mol. The van der Waals surface area contributed by atoms with Gasteiger partial charge in [0.25, 0.3) is 0 Å². The molecule has 0 aliphatic carbocycles. The number of benzene rings is 2. The Morgan fingerprint density at radius 1 is 0.913 bits per heavy atom. The maximum absolute atomic E-state index is 9.76. The van der Waals surface area contributed by atoms with Gasteiger partial charge in [-0.2, -0.15) is 0 Å². The van der Waals surface area contributed by atoms with E-state index in [2.05, 4.69) is 57.2 Å². The molecule has 23 heavy (non-hydrogen) atoms. The summed E-state index contributed by atoms with van der Waals surface area (Å²) in [6, 6.07) is 19.8. The van der Waals surface area contributed by atoms with E-state index in [4.69, 9.17) is 0 Å². The first-order valence-corrected chi connectivity index (χ1v) is 8.20. The zero-order chi connectivity index (χ0) is 16.1. The van der Waals surface area contributed by atoms with Crippen LogP contribution in [0.15, 0.2) is 77.5 Å².